The van der Waals surface area contributed by atoms with Gasteiger partial charge in [0.15, 0.2) is 0 Å². The Bertz CT molecular complexity index is 408. The van der Waals surface area contributed by atoms with E-state index in [2.05, 4.69) is 15.5 Å². The van der Waals surface area contributed by atoms with Gasteiger partial charge in [0.25, 0.3) is 5.91 Å². The Labute approximate surface area is 99.1 Å². The third-order valence-corrected chi connectivity index (χ3v) is 2.46. The lowest BCUT2D eigenvalue weighted by Crippen LogP contribution is -2.52. The molecule has 1 aromatic rings. The summed E-state index contributed by atoms with van der Waals surface area (Å²) in [6, 6.07) is 1.48. The van der Waals surface area contributed by atoms with Gasteiger partial charge in [0.2, 0.25) is 0 Å². The lowest BCUT2D eigenvalue weighted by molar-refractivity contribution is -0.144. The van der Waals surface area contributed by atoms with E-state index < -0.39 is 17.4 Å². The van der Waals surface area contributed by atoms with Crippen LogP contribution in [0.4, 0.5) is 0 Å². The third kappa shape index (κ3) is 3.24. The largest absolute Gasteiger partial charge is 0.480 e. The van der Waals surface area contributed by atoms with Crippen LogP contribution in [0, 0.1) is 0 Å². The molecule has 0 aliphatic heterocycles. The van der Waals surface area contributed by atoms with E-state index >= 15 is 0 Å². The molecule has 0 saturated heterocycles. The fourth-order valence-corrected chi connectivity index (χ4v) is 1.47. The first-order valence-corrected chi connectivity index (χ1v) is 5.32. The monoisotopic (exact) mass is 237 g/mol. The molecular weight excluding hydrogens is 222 g/mol. The van der Waals surface area contributed by atoms with Crippen molar-refractivity contribution in [1.29, 1.82) is 0 Å². The molecule has 0 saturated carbocycles. The van der Waals surface area contributed by atoms with Gasteiger partial charge in [-0.05, 0) is 19.4 Å². The lowest BCUT2D eigenvalue weighted by Gasteiger charge is -2.25. The molecule has 0 spiro atoms. The standard InChI is InChI=1S/C11H15N3O3/c1-3-5-11(2,10(16)17)14-9(15)8-4-6-12-13-7-8/h4,6-7H,3,5H2,1-2H3,(H,14,15)(H,16,17). The smallest absolute Gasteiger partial charge is 0.329 e. The molecular formula is C11H15N3O3. The van der Waals surface area contributed by atoms with Crippen molar-refractivity contribution >= 4 is 11.9 Å². The number of aliphatic carboxylic acids is 1. The van der Waals surface area contributed by atoms with Crippen molar-refractivity contribution in [2.45, 2.75) is 32.2 Å². The molecule has 6 heteroatoms. The lowest BCUT2D eigenvalue weighted by atomic mass is 9.96. The zero-order chi connectivity index (χ0) is 12.9. The van der Waals surface area contributed by atoms with Gasteiger partial charge in [0, 0.05) is 0 Å². The molecule has 1 unspecified atom stereocenters. The fourth-order valence-electron chi connectivity index (χ4n) is 1.47. The number of rotatable bonds is 5. The predicted octanol–water partition coefficient (Wildman–Crippen LogP) is 0.850. The predicted molar refractivity (Wildman–Crippen MR) is 60.4 cm³/mol. The van der Waals surface area contributed by atoms with Crippen molar-refractivity contribution in [3.63, 3.8) is 0 Å². The average Bonchev–Trinajstić information content (AvgIpc) is 2.30. The van der Waals surface area contributed by atoms with Crippen LogP contribution >= 0.6 is 0 Å². The van der Waals surface area contributed by atoms with Gasteiger partial charge in [-0.25, -0.2) is 4.79 Å². The van der Waals surface area contributed by atoms with E-state index in [9.17, 15) is 9.59 Å². The second kappa shape index (κ2) is 5.38. The zero-order valence-electron chi connectivity index (χ0n) is 9.80. The molecule has 0 bridgehead atoms. The number of nitrogens with zero attached hydrogens (tertiary/aromatic N) is 2. The minimum atomic E-state index is -1.25. The number of carbonyl (C=O) groups is 2. The van der Waals surface area contributed by atoms with E-state index in [1.165, 1.54) is 25.4 Å². The number of amides is 1. The van der Waals surface area contributed by atoms with Crippen molar-refractivity contribution in [2.24, 2.45) is 0 Å². The topological polar surface area (TPSA) is 92.2 Å². The van der Waals surface area contributed by atoms with Crippen LogP contribution < -0.4 is 5.32 Å². The number of carboxylic acids is 1. The summed E-state index contributed by atoms with van der Waals surface area (Å²) in [5.74, 6) is -1.51. The van der Waals surface area contributed by atoms with E-state index in [-0.39, 0.29) is 0 Å². The van der Waals surface area contributed by atoms with Crippen molar-refractivity contribution in [1.82, 2.24) is 15.5 Å². The molecule has 0 radical (unpaired) electrons. The second-order valence-electron chi connectivity index (χ2n) is 3.97. The number of hydrogen-bond acceptors (Lipinski definition) is 4. The van der Waals surface area contributed by atoms with Crippen molar-refractivity contribution in [3.05, 3.63) is 24.0 Å². The van der Waals surface area contributed by atoms with Gasteiger partial charge in [-0.15, -0.1) is 0 Å². The van der Waals surface area contributed by atoms with Crippen molar-refractivity contribution < 1.29 is 14.7 Å². The Hall–Kier alpha value is -1.98. The van der Waals surface area contributed by atoms with E-state index in [0.717, 1.165) is 0 Å². The molecule has 1 heterocycles. The highest BCUT2D eigenvalue weighted by Crippen LogP contribution is 2.13. The maximum atomic E-state index is 11.8. The quantitative estimate of drug-likeness (QED) is 0.792. The Morgan fingerprint density at radius 3 is 2.65 bits per heavy atom. The van der Waals surface area contributed by atoms with Crippen LogP contribution in [0.3, 0.4) is 0 Å². The van der Waals surface area contributed by atoms with Gasteiger partial charge in [-0.1, -0.05) is 13.3 Å². The van der Waals surface area contributed by atoms with Crippen LogP contribution in [0.2, 0.25) is 0 Å². The van der Waals surface area contributed by atoms with Gasteiger partial charge >= 0.3 is 5.97 Å². The molecule has 1 aromatic heterocycles. The summed E-state index contributed by atoms with van der Waals surface area (Å²) in [4.78, 5) is 22.9. The number of aromatic nitrogens is 2. The molecule has 0 aliphatic carbocycles. The highest BCUT2D eigenvalue weighted by Gasteiger charge is 2.34. The molecule has 0 aliphatic rings. The maximum Gasteiger partial charge on any atom is 0.329 e. The summed E-state index contributed by atoms with van der Waals surface area (Å²) >= 11 is 0. The molecule has 2 N–H and O–H groups in total. The van der Waals surface area contributed by atoms with Crippen LogP contribution in [-0.2, 0) is 4.79 Å². The van der Waals surface area contributed by atoms with Gasteiger partial charge < -0.3 is 10.4 Å². The molecule has 1 rings (SSSR count). The first-order chi connectivity index (χ1) is 7.99. The zero-order valence-corrected chi connectivity index (χ0v) is 9.80. The first kappa shape index (κ1) is 13.1. The molecule has 1 atom stereocenters. The van der Waals surface area contributed by atoms with E-state index in [1.807, 2.05) is 6.92 Å². The molecule has 0 fully saturated rings. The highest BCUT2D eigenvalue weighted by molar-refractivity contribution is 5.97. The number of hydrogen-bond donors (Lipinski definition) is 2. The van der Waals surface area contributed by atoms with Crippen LogP contribution in [-0.4, -0.2) is 32.7 Å². The Morgan fingerprint density at radius 2 is 2.18 bits per heavy atom. The summed E-state index contributed by atoms with van der Waals surface area (Å²) in [5.41, 5.74) is -0.960. The Balaban J connectivity index is 2.82. The normalized spacial score (nSPS) is 13.8. The van der Waals surface area contributed by atoms with Crippen LogP contribution in [0.1, 0.15) is 37.0 Å². The number of carbonyl (C=O) groups excluding carboxylic acids is 1. The average molecular weight is 237 g/mol. The molecule has 92 valence electrons. The van der Waals surface area contributed by atoms with Gasteiger partial charge in [0.05, 0.1) is 18.0 Å². The second-order valence-corrected chi connectivity index (χ2v) is 3.97. The Kier molecular flexibility index (Phi) is 4.14. The third-order valence-electron chi connectivity index (χ3n) is 2.46. The summed E-state index contributed by atoms with van der Waals surface area (Å²) in [6.07, 6.45) is 3.71. The molecule has 6 nitrogen and oxygen atoms in total. The SMILES string of the molecule is CCCC(C)(NC(=O)c1ccnnc1)C(=O)O. The first-order valence-electron chi connectivity index (χ1n) is 5.32. The summed E-state index contributed by atoms with van der Waals surface area (Å²) in [6.45, 7) is 3.35. The van der Waals surface area contributed by atoms with Gasteiger partial charge in [0.1, 0.15) is 5.54 Å². The van der Waals surface area contributed by atoms with Crippen LogP contribution in [0.25, 0.3) is 0 Å². The maximum absolute atomic E-state index is 11.8. The summed E-state index contributed by atoms with van der Waals surface area (Å²) < 4.78 is 0. The minimum absolute atomic E-state index is 0.295. The van der Waals surface area contributed by atoms with E-state index in [0.29, 0.717) is 18.4 Å². The fraction of sp³-hybridized carbons (Fsp3) is 0.455. The molecule has 1 amide bonds. The Morgan fingerprint density at radius 1 is 1.47 bits per heavy atom. The number of carboxylic acid groups (broad SMARTS) is 1. The van der Waals surface area contributed by atoms with Crippen LogP contribution in [0.15, 0.2) is 18.5 Å². The number of nitrogens with one attached hydrogen (secondary N) is 1. The minimum Gasteiger partial charge on any atom is -0.480 e. The molecule has 17 heavy (non-hydrogen) atoms. The summed E-state index contributed by atoms with van der Waals surface area (Å²) in [7, 11) is 0. The van der Waals surface area contributed by atoms with Crippen molar-refractivity contribution in [2.75, 3.05) is 0 Å². The van der Waals surface area contributed by atoms with Crippen LogP contribution in [0.5, 0.6) is 0 Å². The summed E-state index contributed by atoms with van der Waals surface area (Å²) in [5, 5.41) is 18.7. The van der Waals surface area contributed by atoms with Crippen molar-refractivity contribution in [3.8, 4) is 0 Å². The van der Waals surface area contributed by atoms with E-state index in [1.54, 1.807) is 0 Å². The van der Waals surface area contributed by atoms with E-state index in [4.69, 9.17) is 5.11 Å². The highest BCUT2D eigenvalue weighted by atomic mass is 16.4. The van der Waals surface area contributed by atoms with Gasteiger partial charge in [-0.2, -0.15) is 10.2 Å². The molecule has 0 aromatic carbocycles. The van der Waals surface area contributed by atoms with Gasteiger partial charge in [-0.3, -0.25) is 4.79 Å².